The molecule has 0 radical (unpaired) electrons. The maximum Gasteiger partial charge on any atom is 0.319 e. The first kappa shape index (κ1) is 14.8. The molecule has 0 saturated carbocycles. The van der Waals surface area contributed by atoms with Gasteiger partial charge in [-0.05, 0) is 29.3 Å². The van der Waals surface area contributed by atoms with Gasteiger partial charge in [-0.15, -0.1) is 0 Å². The molecule has 5 heteroatoms. The minimum absolute atomic E-state index is 0.218. The number of urea groups is 1. The molecule has 0 aliphatic carbocycles. The second-order valence-electron chi connectivity index (χ2n) is 5.20. The number of amides is 2. The second-order valence-corrected chi connectivity index (χ2v) is 5.20. The van der Waals surface area contributed by atoms with Crippen molar-refractivity contribution in [2.45, 2.75) is 13.1 Å². The van der Waals surface area contributed by atoms with Crippen LogP contribution in [0.5, 0.6) is 0 Å². The molecule has 0 aliphatic heterocycles. The van der Waals surface area contributed by atoms with Crippen molar-refractivity contribution in [1.29, 1.82) is 0 Å². The maximum absolute atomic E-state index is 12.0. The molecule has 0 atom stereocenters. The van der Waals surface area contributed by atoms with Crippen molar-refractivity contribution in [2.24, 2.45) is 0 Å². The number of rotatable bonds is 5. The highest BCUT2D eigenvalue weighted by molar-refractivity contribution is 5.89. The predicted molar refractivity (Wildman–Crippen MR) is 90.1 cm³/mol. The van der Waals surface area contributed by atoms with Crippen molar-refractivity contribution >= 4 is 11.7 Å². The summed E-state index contributed by atoms with van der Waals surface area (Å²) in [5.74, 6) is 0. The van der Waals surface area contributed by atoms with Crippen LogP contribution in [0.25, 0.3) is 0 Å². The van der Waals surface area contributed by atoms with Gasteiger partial charge < -0.3 is 10.6 Å². The lowest BCUT2D eigenvalue weighted by atomic mass is 10.2. The molecule has 2 amide bonds. The van der Waals surface area contributed by atoms with Gasteiger partial charge in [0, 0.05) is 24.6 Å². The zero-order valence-corrected chi connectivity index (χ0v) is 12.6. The van der Waals surface area contributed by atoms with Crippen LogP contribution in [0.2, 0.25) is 0 Å². The Morgan fingerprint density at radius 2 is 1.83 bits per heavy atom. The lowest BCUT2D eigenvalue weighted by Gasteiger charge is -2.09. The van der Waals surface area contributed by atoms with Crippen LogP contribution >= 0.6 is 0 Å². The van der Waals surface area contributed by atoms with E-state index in [1.54, 1.807) is 6.20 Å². The Morgan fingerprint density at radius 3 is 2.61 bits per heavy atom. The zero-order chi connectivity index (χ0) is 15.9. The molecule has 23 heavy (non-hydrogen) atoms. The first-order chi connectivity index (χ1) is 11.3. The molecule has 0 spiro atoms. The van der Waals surface area contributed by atoms with Gasteiger partial charge in [-0.3, -0.25) is 4.68 Å². The Morgan fingerprint density at radius 1 is 1.00 bits per heavy atom. The molecular weight excluding hydrogens is 288 g/mol. The van der Waals surface area contributed by atoms with Gasteiger partial charge in [-0.1, -0.05) is 42.5 Å². The number of hydrogen-bond acceptors (Lipinski definition) is 2. The fourth-order valence-electron chi connectivity index (χ4n) is 2.28. The van der Waals surface area contributed by atoms with E-state index in [9.17, 15) is 4.79 Å². The molecule has 3 aromatic rings. The first-order valence-corrected chi connectivity index (χ1v) is 7.45. The monoisotopic (exact) mass is 306 g/mol. The maximum atomic E-state index is 12.0. The number of carbonyl (C=O) groups excluding carboxylic acids is 1. The van der Waals surface area contributed by atoms with E-state index in [4.69, 9.17) is 0 Å². The number of benzene rings is 2. The molecule has 3 rings (SSSR count). The average molecular weight is 306 g/mol. The van der Waals surface area contributed by atoms with Gasteiger partial charge in [0.2, 0.25) is 0 Å². The third-order valence-corrected chi connectivity index (χ3v) is 3.38. The Kier molecular flexibility index (Phi) is 4.69. The summed E-state index contributed by atoms with van der Waals surface area (Å²) in [5, 5.41) is 9.88. The highest BCUT2D eigenvalue weighted by Gasteiger charge is 2.03. The lowest BCUT2D eigenvalue weighted by Crippen LogP contribution is -2.28. The summed E-state index contributed by atoms with van der Waals surface area (Å²) in [6.07, 6.45) is 3.66. The van der Waals surface area contributed by atoms with E-state index in [1.807, 2.05) is 71.5 Å². The van der Waals surface area contributed by atoms with Crippen LogP contribution in [0.1, 0.15) is 11.1 Å². The van der Waals surface area contributed by atoms with Gasteiger partial charge in [-0.25, -0.2) is 4.79 Å². The Bertz CT molecular complexity index is 754. The van der Waals surface area contributed by atoms with Crippen molar-refractivity contribution in [2.75, 3.05) is 5.32 Å². The van der Waals surface area contributed by atoms with Gasteiger partial charge in [0.05, 0.1) is 6.54 Å². The molecule has 0 saturated heterocycles. The molecule has 1 aromatic heterocycles. The van der Waals surface area contributed by atoms with Gasteiger partial charge in [0.1, 0.15) is 0 Å². The molecule has 0 aliphatic rings. The quantitative estimate of drug-likeness (QED) is 0.760. The Balaban J connectivity index is 1.56. The van der Waals surface area contributed by atoms with E-state index in [0.717, 1.165) is 16.8 Å². The van der Waals surface area contributed by atoms with Gasteiger partial charge in [0.15, 0.2) is 0 Å². The molecule has 0 bridgehead atoms. The smallest absolute Gasteiger partial charge is 0.319 e. The van der Waals surface area contributed by atoms with Crippen molar-refractivity contribution < 1.29 is 4.79 Å². The molecule has 5 nitrogen and oxygen atoms in total. The number of nitrogens with zero attached hydrogens (tertiary/aromatic N) is 2. The van der Waals surface area contributed by atoms with E-state index < -0.39 is 0 Å². The summed E-state index contributed by atoms with van der Waals surface area (Å²) in [6, 6.07) is 19.2. The molecule has 0 unspecified atom stereocenters. The Hall–Kier alpha value is -3.08. The van der Waals surface area contributed by atoms with Crippen molar-refractivity contribution in [3.8, 4) is 0 Å². The largest absolute Gasteiger partial charge is 0.334 e. The summed E-state index contributed by atoms with van der Waals surface area (Å²) in [4.78, 5) is 12.0. The fraction of sp³-hybridized carbons (Fsp3) is 0.111. The molecule has 0 fully saturated rings. The van der Waals surface area contributed by atoms with E-state index in [1.165, 1.54) is 0 Å². The van der Waals surface area contributed by atoms with Crippen molar-refractivity contribution in [3.05, 3.63) is 84.2 Å². The van der Waals surface area contributed by atoms with Crippen LogP contribution in [0, 0.1) is 0 Å². The highest BCUT2D eigenvalue weighted by atomic mass is 16.2. The van der Waals surface area contributed by atoms with E-state index in [2.05, 4.69) is 15.7 Å². The third-order valence-electron chi connectivity index (χ3n) is 3.38. The number of anilines is 1. The molecule has 2 N–H and O–H groups in total. The average Bonchev–Trinajstić information content (AvgIpc) is 3.07. The summed E-state index contributed by atoms with van der Waals surface area (Å²) < 4.78 is 1.84. The van der Waals surface area contributed by atoms with Gasteiger partial charge in [-0.2, -0.15) is 5.10 Å². The minimum Gasteiger partial charge on any atom is -0.334 e. The lowest BCUT2D eigenvalue weighted by molar-refractivity contribution is 0.251. The summed E-state index contributed by atoms with van der Waals surface area (Å²) in [5.41, 5.74) is 2.91. The number of nitrogens with one attached hydrogen (secondary N) is 2. The summed E-state index contributed by atoms with van der Waals surface area (Å²) >= 11 is 0. The summed E-state index contributed by atoms with van der Waals surface area (Å²) in [6.45, 7) is 1.17. The van der Waals surface area contributed by atoms with Crippen LogP contribution in [-0.4, -0.2) is 15.8 Å². The third kappa shape index (κ3) is 4.44. The van der Waals surface area contributed by atoms with Gasteiger partial charge >= 0.3 is 6.03 Å². The minimum atomic E-state index is -0.218. The SMILES string of the molecule is O=C(NCc1ccccc1)Nc1cccc(Cn2cccn2)c1. The highest BCUT2D eigenvalue weighted by Crippen LogP contribution is 2.11. The number of carbonyl (C=O) groups is 1. The zero-order valence-electron chi connectivity index (χ0n) is 12.6. The number of aromatic nitrogens is 2. The number of hydrogen-bond donors (Lipinski definition) is 2. The Labute approximate surface area is 135 Å². The van der Waals surface area contributed by atoms with E-state index in [0.29, 0.717) is 13.1 Å². The summed E-state index contributed by atoms with van der Waals surface area (Å²) in [7, 11) is 0. The molecular formula is C18H18N4O. The van der Waals surface area contributed by atoms with Gasteiger partial charge in [0.25, 0.3) is 0 Å². The van der Waals surface area contributed by atoms with Crippen LogP contribution in [0.4, 0.5) is 10.5 Å². The molecule has 2 aromatic carbocycles. The standard InChI is InChI=1S/C18H18N4O/c23-18(19-13-15-6-2-1-3-7-15)21-17-9-4-8-16(12-17)14-22-11-5-10-20-22/h1-12H,13-14H2,(H2,19,21,23). The van der Waals surface area contributed by atoms with Crippen molar-refractivity contribution in [1.82, 2.24) is 15.1 Å². The predicted octanol–water partition coefficient (Wildman–Crippen LogP) is 3.25. The van der Waals surface area contributed by atoms with Crippen LogP contribution < -0.4 is 10.6 Å². The molecule has 1 heterocycles. The normalized spacial score (nSPS) is 10.3. The van der Waals surface area contributed by atoms with E-state index in [-0.39, 0.29) is 6.03 Å². The second kappa shape index (κ2) is 7.26. The van der Waals surface area contributed by atoms with E-state index >= 15 is 0 Å². The molecule has 116 valence electrons. The van der Waals surface area contributed by atoms with Crippen LogP contribution in [-0.2, 0) is 13.1 Å². The van der Waals surface area contributed by atoms with Crippen LogP contribution in [0.15, 0.2) is 73.1 Å². The van der Waals surface area contributed by atoms with Crippen LogP contribution in [0.3, 0.4) is 0 Å². The van der Waals surface area contributed by atoms with Crippen molar-refractivity contribution in [3.63, 3.8) is 0 Å². The topological polar surface area (TPSA) is 59.0 Å². The first-order valence-electron chi connectivity index (χ1n) is 7.45. The fourth-order valence-corrected chi connectivity index (χ4v) is 2.28.